The molecule has 140 valence electrons. The van der Waals surface area contributed by atoms with Crippen molar-refractivity contribution >= 4 is 17.2 Å². The van der Waals surface area contributed by atoms with Crippen LogP contribution in [0.25, 0.3) is 11.3 Å². The number of rotatable bonds is 3. The zero-order valence-electron chi connectivity index (χ0n) is 16.0. The Labute approximate surface area is 163 Å². The number of amides is 1. The molecule has 0 spiro atoms. The maximum Gasteiger partial charge on any atom is 0.274 e. The highest BCUT2D eigenvalue weighted by Crippen LogP contribution is 2.30. The van der Waals surface area contributed by atoms with Crippen LogP contribution in [0.3, 0.4) is 0 Å². The van der Waals surface area contributed by atoms with Crippen LogP contribution in [0.2, 0.25) is 0 Å². The van der Waals surface area contributed by atoms with Crippen molar-refractivity contribution in [2.75, 3.05) is 13.1 Å². The van der Waals surface area contributed by atoms with Gasteiger partial charge in [-0.2, -0.15) is 5.10 Å². The van der Waals surface area contributed by atoms with Gasteiger partial charge >= 0.3 is 0 Å². The van der Waals surface area contributed by atoms with Crippen molar-refractivity contribution < 1.29 is 4.79 Å². The number of carbonyl (C=O) groups is 1. The minimum atomic E-state index is 0.0262. The summed E-state index contributed by atoms with van der Waals surface area (Å²) in [5.41, 5.74) is 5.10. The highest BCUT2D eigenvalue weighted by atomic mass is 32.1. The van der Waals surface area contributed by atoms with Gasteiger partial charge in [-0.15, -0.1) is 11.3 Å². The molecule has 1 saturated heterocycles. The summed E-state index contributed by atoms with van der Waals surface area (Å²) in [7, 11) is 1.90. The lowest BCUT2D eigenvalue weighted by atomic mass is 9.97. The Kier molecular flexibility index (Phi) is 4.83. The van der Waals surface area contributed by atoms with Crippen LogP contribution in [0.15, 0.2) is 35.8 Å². The first-order valence-corrected chi connectivity index (χ1v) is 10.2. The Hall–Kier alpha value is -2.47. The fourth-order valence-corrected chi connectivity index (χ4v) is 4.48. The van der Waals surface area contributed by atoms with E-state index in [0.717, 1.165) is 37.2 Å². The molecule has 1 amide bonds. The topological polar surface area (TPSA) is 51.0 Å². The number of thiazole rings is 1. The molecule has 3 heterocycles. The SMILES string of the molecule is Cc1ccc(-c2cc(C(=O)N3CCC(c4nccs4)CC3)nn2C)cc1C. The molecule has 3 aromatic rings. The van der Waals surface area contributed by atoms with E-state index in [2.05, 4.69) is 42.1 Å². The van der Waals surface area contributed by atoms with Gasteiger partial charge in [0.2, 0.25) is 0 Å². The molecule has 0 N–H and O–H groups in total. The smallest absolute Gasteiger partial charge is 0.274 e. The Morgan fingerprint density at radius 1 is 1.15 bits per heavy atom. The van der Waals surface area contributed by atoms with Crippen molar-refractivity contribution in [1.29, 1.82) is 0 Å². The summed E-state index contributed by atoms with van der Waals surface area (Å²) < 4.78 is 1.81. The highest BCUT2D eigenvalue weighted by Gasteiger charge is 2.27. The molecule has 2 aromatic heterocycles. The predicted molar refractivity (Wildman–Crippen MR) is 108 cm³/mol. The predicted octanol–water partition coefficient (Wildman–Crippen LogP) is 4.18. The van der Waals surface area contributed by atoms with E-state index in [-0.39, 0.29) is 5.91 Å². The Balaban J connectivity index is 1.49. The number of aromatic nitrogens is 3. The molecule has 1 aliphatic rings. The molecule has 0 aliphatic carbocycles. The molecule has 27 heavy (non-hydrogen) atoms. The summed E-state index contributed by atoms with van der Waals surface area (Å²) in [4.78, 5) is 19.3. The molecule has 0 unspecified atom stereocenters. The molecular weight excluding hydrogens is 356 g/mol. The van der Waals surface area contributed by atoms with Crippen LogP contribution in [0.1, 0.15) is 45.4 Å². The molecule has 6 heteroatoms. The lowest BCUT2D eigenvalue weighted by Crippen LogP contribution is -2.38. The Morgan fingerprint density at radius 2 is 1.93 bits per heavy atom. The quantitative estimate of drug-likeness (QED) is 0.685. The third-order valence-electron chi connectivity index (χ3n) is 5.48. The minimum absolute atomic E-state index is 0.0262. The molecule has 0 bridgehead atoms. The van der Waals surface area contributed by atoms with Crippen LogP contribution < -0.4 is 0 Å². The number of nitrogens with zero attached hydrogens (tertiary/aromatic N) is 4. The monoisotopic (exact) mass is 380 g/mol. The molecule has 1 aromatic carbocycles. The number of aryl methyl sites for hydroxylation is 3. The van der Waals surface area contributed by atoms with Gasteiger partial charge in [-0.25, -0.2) is 4.98 Å². The number of hydrogen-bond donors (Lipinski definition) is 0. The lowest BCUT2D eigenvalue weighted by Gasteiger charge is -2.30. The van der Waals surface area contributed by atoms with Crippen LogP contribution in [-0.2, 0) is 7.05 Å². The largest absolute Gasteiger partial charge is 0.337 e. The average Bonchev–Trinajstić information content (AvgIpc) is 3.34. The highest BCUT2D eigenvalue weighted by molar-refractivity contribution is 7.09. The molecule has 0 radical (unpaired) electrons. The number of piperidine rings is 1. The third-order valence-corrected chi connectivity index (χ3v) is 6.42. The first kappa shape index (κ1) is 17.9. The van der Waals surface area contributed by atoms with Crippen molar-refractivity contribution in [2.45, 2.75) is 32.6 Å². The van der Waals surface area contributed by atoms with E-state index in [1.165, 1.54) is 16.1 Å². The van der Waals surface area contributed by atoms with Crippen molar-refractivity contribution in [3.63, 3.8) is 0 Å². The van der Waals surface area contributed by atoms with Gasteiger partial charge < -0.3 is 4.90 Å². The van der Waals surface area contributed by atoms with Crippen molar-refractivity contribution in [3.05, 3.63) is 57.7 Å². The fourth-order valence-electron chi connectivity index (χ4n) is 3.67. The van der Waals surface area contributed by atoms with Gasteiger partial charge in [0.05, 0.1) is 10.7 Å². The van der Waals surface area contributed by atoms with Crippen LogP contribution >= 0.6 is 11.3 Å². The van der Waals surface area contributed by atoms with E-state index in [4.69, 9.17) is 0 Å². The van der Waals surface area contributed by atoms with E-state index < -0.39 is 0 Å². The standard InChI is InChI=1S/C21H24N4OS/c1-14-4-5-17(12-15(14)2)19-13-18(23-24(19)3)21(26)25-9-6-16(7-10-25)20-22-8-11-27-20/h4-5,8,11-13,16H,6-7,9-10H2,1-3H3. The van der Waals surface area contributed by atoms with Crippen LogP contribution in [0.5, 0.6) is 0 Å². The number of benzene rings is 1. The molecule has 1 aliphatic heterocycles. The van der Waals surface area contributed by atoms with Gasteiger partial charge in [-0.1, -0.05) is 12.1 Å². The lowest BCUT2D eigenvalue weighted by molar-refractivity contribution is 0.0706. The minimum Gasteiger partial charge on any atom is -0.337 e. The summed E-state index contributed by atoms with van der Waals surface area (Å²) in [6, 6.07) is 8.27. The fraction of sp³-hybridized carbons (Fsp3) is 0.381. The van der Waals surface area contributed by atoms with E-state index in [1.54, 1.807) is 16.0 Å². The van der Waals surface area contributed by atoms with Crippen LogP contribution in [0, 0.1) is 13.8 Å². The van der Waals surface area contributed by atoms with Gasteiger partial charge in [0.15, 0.2) is 5.69 Å². The maximum atomic E-state index is 12.9. The van der Waals surface area contributed by atoms with E-state index in [9.17, 15) is 4.79 Å². The van der Waals surface area contributed by atoms with E-state index in [0.29, 0.717) is 11.6 Å². The first-order chi connectivity index (χ1) is 13.0. The second-order valence-corrected chi connectivity index (χ2v) is 8.20. The molecule has 1 fully saturated rings. The zero-order chi connectivity index (χ0) is 19.0. The normalized spacial score (nSPS) is 15.3. The number of carbonyl (C=O) groups excluding carboxylic acids is 1. The second-order valence-electron chi connectivity index (χ2n) is 7.27. The first-order valence-electron chi connectivity index (χ1n) is 9.33. The molecule has 5 nitrogen and oxygen atoms in total. The van der Waals surface area contributed by atoms with Gasteiger partial charge in [-0.3, -0.25) is 9.48 Å². The van der Waals surface area contributed by atoms with E-state index in [1.807, 2.05) is 29.6 Å². The molecule has 0 atom stereocenters. The molecule has 4 rings (SSSR count). The summed E-state index contributed by atoms with van der Waals surface area (Å²) in [6.07, 6.45) is 3.80. The van der Waals surface area contributed by atoms with Crippen molar-refractivity contribution in [1.82, 2.24) is 19.7 Å². The summed E-state index contributed by atoms with van der Waals surface area (Å²) in [5.74, 6) is 0.502. The Morgan fingerprint density at radius 3 is 2.59 bits per heavy atom. The van der Waals surface area contributed by atoms with Crippen LogP contribution in [0.4, 0.5) is 0 Å². The summed E-state index contributed by atoms with van der Waals surface area (Å²) in [6.45, 7) is 5.73. The second kappa shape index (κ2) is 7.27. The zero-order valence-corrected chi connectivity index (χ0v) is 16.8. The number of hydrogen-bond acceptors (Lipinski definition) is 4. The van der Waals surface area contributed by atoms with Crippen molar-refractivity contribution in [3.8, 4) is 11.3 Å². The number of likely N-dealkylation sites (tertiary alicyclic amines) is 1. The van der Waals surface area contributed by atoms with Gasteiger partial charge in [0, 0.05) is 43.2 Å². The molecule has 0 saturated carbocycles. The van der Waals surface area contributed by atoms with E-state index >= 15 is 0 Å². The Bertz CT molecular complexity index is 953. The third kappa shape index (κ3) is 3.54. The van der Waals surface area contributed by atoms with Gasteiger partial charge in [0.1, 0.15) is 0 Å². The van der Waals surface area contributed by atoms with Crippen LogP contribution in [-0.4, -0.2) is 38.7 Å². The maximum absolute atomic E-state index is 12.9. The average molecular weight is 381 g/mol. The summed E-state index contributed by atoms with van der Waals surface area (Å²) in [5, 5.41) is 7.71. The van der Waals surface area contributed by atoms with Gasteiger partial charge in [0.25, 0.3) is 5.91 Å². The van der Waals surface area contributed by atoms with Crippen molar-refractivity contribution in [2.24, 2.45) is 7.05 Å². The summed E-state index contributed by atoms with van der Waals surface area (Å²) >= 11 is 1.71. The van der Waals surface area contributed by atoms with Gasteiger partial charge in [-0.05, 0) is 49.9 Å². The molecular formula is C21H24N4OS.